The minimum absolute atomic E-state index is 0.0376. The first-order valence-corrected chi connectivity index (χ1v) is 4.97. The Bertz CT molecular complexity index is 215. The fourth-order valence-electron chi connectivity index (χ4n) is 1.83. The van der Waals surface area contributed by atoms with Crippen LogP contribution in [0.5, 0.6) is 0 Å². The Hall–Kier alpha value is -0.860. The number of hydrogen-bond acceptors (Lipinski definition) is 2. The number of nitrogens with zero attached hydrogens (tertiary/aromatic N) is 1. The van der Waals surface area contributed by atoms with E-state index < -0.39 is 0 Å². The molecule has 74 valence electrons. The van der Waals surface area contributed by atoms with Gasteiger partial charge in [-0.1, -0.05) is 26.7 Å². The maximum absolute atomic E-state index is 10.7. The van der Waals surface area contributed by atoms with Gasteiger partial charge >= 0.3 is 0 Å². The van der Waals surface area contributed by atoms with Crippen LogP contribution in [0.1, 0.15) is 39.5 Å². The highest BCUT2D eigenvalue weighted by Gasteiger charge is 2.20. The summed E-state index contributed by atoms with van der Waals surface area (Å²) in [5.74, 6) is 0.499. The zero-order valence-corrected chi connectivity index (χ0v) is 8.32. The van der Waals surface area contributed by atoms with Crippen molar-refractivity contribution in [3.05, 3.63) is 21.9 Å². The SMILES string of the molecule is CC(C)/C(=C\C1CCCC1)[N+](=O)[O-]. The number of hydrogen-bond donors (Lipinski definition) is 0. The molecule has 1 saturated carbocycles. The van der Waals surface area contributed by atoms with E-state index in [4.69, 9.17) is 0 Å². The lowest BCUT2D eigenvalue weighted by atomic mass is 10.0. The highest BCUT2D eigenvalue weighted by atomic mass is 16.6. The molecule has 0 aromatic rings. The Kier molecular flexibility index (Phi) is 3.46. The van der Waals surface area contributed by atoms with E-state index >= 15 is 0 Å². The molecule has 0 spiro atoms. The second kappa shape index (κ2) is 4.40. The quantitative estimate of drug-likeness (QED) is 0.498. The van der Waals surface area contributed by atoms with Crippen molar-refractivity contribution in [3.63, 3.8) is 0 Å². The summed E-state index contributed by atoms with van der Waals surface area (Å²) in [6, 6.07) is 0. The van der Waals surface area contributed by atoms with Crippen molar-refractivity contribution in [3.8, 4) is 0 Å². The zero-order valence-electron chi connectivity index (χ0n) is 8.32. The van der Waals surface area contributed by atoms with Crippen LogP contribution in [0.3, 0.4) is 0 Å². The van der Waals surface area contributed by atoms with Gasteiger partial charge in [-0.05, 0) is 24.8 Å². The number of nitro groups is 1. The average Bonchev–Trinajstić information content (AvgIpc) is 2.50. The fraction of sp³-hybridized carbons (Fsp3) is 0.800. The second-order valence-corrected chi connectivity index (χ2v) is 4.05. The summed E-state index contributed by atoms with van der Waals surface area (Å²) in [5, 5.41) is 10.7. The van der Waals surface area contributed by atoms with E-state index in [1.165, 1.54) is 12.8 Å². The molecule has 3 heteroatoms. The van der Waals surface area contributed by atoms with Gasteiger partial charge in [-0.2, -0.15) is 0 Å². The number of rotatable bonds is 3. The van der Waals surface area contributed by atoms with Crippen molar-refractivity contribution in [2.24, 2.45) is 11.8 Å². The van der Waals surface area contributed by atoms with Crippen molar-refractivity contribution < 1.29 is 4.92 Å². The van der Waals surface area contributed by atoms with Gasteiger partial charge in [-0.15, -0.1) is 0 Å². The van der Waals surface area contributed by atoms with Crippen molar-refractivity contribution in [1.82, 2.24) is 0 Å². The van der Waals surface area contributed by atoms with E-state index in [0.717, 1.165) is 12.8 Å². The summed E-state index contributed by atoms with van der Waals surface area (Å²) in [6.45, 7) is 3.76. The highest BCUT2D eigenvalue weighted by molar-refractivity contribution is 4.99. The molecule has 13 heavy (non-hydrogen) atoms. The molecule has 1 aliphatic carbocycles. The van der Waals surface area contributed by atoms with E-state index in [9.17, 15) is 10.1 Å². The van der Waals surface area contributed by atoms with Gasteiger partial charge in [0.15, 0.2) is 0 Å². The maximum Gasteiger partial charge on any atom is 0.245 e. The average molecular weight is 183 g/mol. The summed E-state index contributed by atoms with van der Waals surface area (Å²) >= 11 is 0. The van der Waals surface area contributed by atoms with Gasteiger partial charge in [-0.25, -0.2) is 0 Å². The predicted molar refractivity (Wildman–Crippen MR) is 51.9 cm³/mol. The highest BCUT2D eigenvalue weighted by Crippen LogP contribution is 2.28. The molecule has 0 atom stereocenters. The van der Waals surface area contributed by atoms with Crippen LogP contribution in [0.15, 0.2) is 11.8 Å². The first kappa shape index (κ1) is 10.2. The lowest BCUT2D eigenvalue weighted by Crippen LogP contribution is -2.07. The molecule has 0 amide bonds. The minimum Gasteiger partial charge on any atom is -0.259 e. The van der Waals surface area contributed by atoms with E-state index in [0.29, 0.717) is 11.6 Å². The lowest BCUT2D eigenvalue weighted by molar-refractivity contribution is -0.433. The van der Waals surface area contributed by atoms with E-state index in [1.807, 2.05) is 19.9 Å². The van der Waals surface area contributed by atoms with Crippen LogP contribution in [0.2, 0.25) is 0 Å². The van der Waals surface area contributed by atoms with Crippen LogP contribution in [-0.2, 0) is 0 Å². The summed E-state index contributed by atoms with van der Waals surface area (Å²) in [6.07, 6.45) is 6.58. The van der Waals surface area contributed by atoms with Crippen molar-refractivity contribution >= 4 is 0 Å². The fourth-order valence-corrected chi connectivity index (χ4v) is 1.83. The van der Waals surface area contributed by atoms with Crippen LogP contribution >= 0.6 is 0 Å². The molecule has 1 aliphatic rings. The molecule has 3 nitrogen and oxygen atoms in total. The molecule has 0 aromatic heterocycles. The normalized spacial score (nSPS) is 19.8. The molecule has 1 fully saturated rings. The summed E-state index contributed by atoms with van der Waals surface area (Å²) in [5.41, 5.74) is 0.395. The van der Waals surface area contributed by atoms with E-state index in [2.05, 4.69) is 0 Å². The molecule has 0 aromatic carbocycles. The second-order valence-electron chi connectivity index (χ2n) is 4.05. The minimum atomic E-state index is -0.233. The molecule has 0 heterocycles. The van der Waals surface area contributed by atoms with E-state index in [-0.39, 0.29) is 10.8 Å². The van der Waals surface area contributed by atoms with Crippen LogP contribution in [0.4, 0.5) is 0 Å². The first-order chi connectivity index (χ1) is 6.11. The van der Waals surface area contributed by atoms with Crippen molar-refractivity contribution in [2.45, 2.75) is 39.5 Å². The zero-order chi connectivity index (χ0) is 9.84. The van der Waals surface area contributed by atoms with Crippen molar-refractivity contribution in [2.75, 3.05) is 0 Å². The van der Waals surface area contributed by atoms with Gasteiger partial charge in [0.2, 0.25) is 5.70 Å². The summed E-state index contributed by atoms with van der Waals surface area (Å²) in [7, 11) is 0. The molecular weight excluding hydrogens is 166 g/mol. The Morgan fingerprint density at radius 2 is 2.00 bits per heavy atom. The molecule has 0 radical (unpaired) electrons. The third-order valence-electron chi connectivity index (χ3n) is 2.61. The van der Waals surface area contributed by atoms with Crippen LogP contribution in [0.25, 0.3) is 0 Å². The van der Waals surface area contributed by atoms with Crippen molar-refractivity contribution in [1.29, 1.82) is 0 Å². The third kappa shape index (κ3) is 2.83. The van der Waals surface area contributed by atoms with Gasteiger partial charge < -0.3 is 0 Å². The van der Waals surface area contributed by atoms with Crippen LogP contribution in [0, 0.1) is 22.0 Å². The van der Waals surface area contributed by atoms with Gasteiger partial charge in [0, 0.05) is 5.92 Å². The van der Waals surface area contributed by atoms with Crippen LogP contribution < -0.4 is 0 Å². The van der Waals surface area contributed by atoms with E-state index in [1.54, 1.807) is 0 Å². The Morgan fingerprint density at radius 1 is 1.46 bits per heavy atom. The first-order valence-electron chi connectivity index (χ1n) is 4.97. The van der Waals surface area contributed by atoms with Gasteiger partial charge in [0.25, 0.3) is 0 Å². The molecule has 1 rings (SSSR count). The summed E-state index contributed by atoms with van der Waals surface area (Å²) in [4.78, 5) is 10.4. The molecule has 0 bridgehead atoms. The molecule has 0 saturated heterocycles. The van der Waals surface area contributed by atoms with Gasteiger partial charge in [0.05, 0.1) is 4.92 Å². The standard InChI is InChI=1S/C10H17NO2/c1-8(2)10(11(12)13)7-9-5-3-4-6-9/h7-9H,3-6H2,1-2H3/b10-7+. The third-order valence-corrected chi connectivity index (χ3v) is 2.61. The van der Waals surface area contributed by atoms with Crippen LogP contribution in [-0.4, -0.2) is 4.92 Å². The molecule has 0 unspecified atom stereocenters. The Balaban J connectivity index is 2.67. The molecule has 0 N–H and O–H groups in total. The van der Waals surface area contributed by atoms with Gasteiger partial charge in [-0.3, -0.25) is 10.1 Å². The molecular formula is C10H17NO2. The Morgan fingerprint density at radius 3 is 2.38 bits per heavy atom. The molecule has 0 aliphatic heterocycles. The topological polar surface area (TPSA) is 43.1 Å². The monoisotopic (exact) mass is 183 g/mol. The summed E-state index contributed by atoms with van der Waals surface area (Å²) < 4.78 is 0. The number of allylic oxidation sites excluding steroid dienone is 2. The van der Waals surface area contributed by atoms with Gasteiger partial charge in [0.1, 0.15) is 0 Å². The lowest BCUT2D eigenvalue weighted by Gasteiger charge is -2.05. The smallest absolute Gasteiger partial charge is 0.245 e. The largest absolute Gasteiger partial charge is 0.259 e. The predicted octanol–water partition coefficient (Wildman–Crippen LogP) is 2.99. The Labute approximate surface area is 79.0 Å². The maximum atomic E-state index is 10.7.